The molecule has 2 saturated carbocycles. The van der Waals surface area contributed by atoms with Crippen molar-refractivity contribution in [2.75, 3.05) is 6.54 Å². The summed E-state index contributed by atoms with van der Waals surface area (Å²) in [6.07, 6.45) is -1.30. The summed E-state index contributed by atoms with van der Waals surface area (Å²) >= 11 is 0. The summed E-state index contributed by atoms with van der Waals surface area (Å²) in [6, 6.07) is 10.4. The first-order valence-electron chi connectivity index (χ1n) is 9.16. The van der Waals surface area contributed by atoms with Gasteiger partial charge in [-0.15, -0.1) is 24.0 Å². The van der Waals surface area contributed by atoms with Gasteiger partial charge in [0.05, 0.1) is 5.92 Å². The average molecular weight is 481 g/mol. The van der Waals surface area contributed by atoms with Crippen LogP contribution in [0, 0.1) is 5.92 Å². The number of nitrogens with one attached hydrogen (secondary N) is 2. The van der Waals surface area contributed by atoms with E-state index in [4.69, 9.17) is 0 Å². The lowest BCUT2D eigenvalue weighted by atomic mass is 9.85. The predicted molar refractivity (Wildman–Crippen MR) is 109 cm³/mol. The summed E-state index contributed by atoms with van der Waals surface area (Å²) in [5.74, 6) is -0.0855. The van der Waals surface area contributed by atoms with Crippen LogP contribution in [0.15, 0.2) is 35.3 Å². The van der Waals surface area contributed by atoms with E-state index in [-0.39, 0.29) is 42.9 Å². The fourth-order valence-electron chi connectivity index (χ4n) is 3.70. The van der Waals surface area contributed by atoms with Crippen molar-refractivity contribution in [3.8, 4) is 0 Å². The van der Waals surface area contributed by atoms with Crippen molar-refractivity contribution in [3.05, 3.63) is 35.9 Å². The van der Waals surface area contributed by atoms with Crippen molar-refractivity contribution in [1.82, 2.24) is 10.6 Å². The maximum atomic E-state index is 13.0. The van der Waals surface area contributed by atoms with Crippen molar-refractivity contribution >= 4 is 29.9 Å². The van der Waals surface area contributed by atoms with E-state index in [9.17, 15) is 13.2 Å². The third-order valence-electron chi connectivity index (χ3n) is 5.13. The summed E-state index contributed by atoms with van der Waals surface area (Å²) in [5.41, 5.74) is 1.30. The Morgan fingerprint density at radius 2 is 1.85 bits per heavy atom. The molecule has 2 N–H and O–H groups in total. The van der Waals surface area contributed by atoms with Crippen LogP contribution in [-0.2, 0) is 0 Å². The number of aliphatic imine (C=N–C) groups is 1. The van der Waals surface area contributed by atoms with E-state index < -0.39 is 12.1 Å². The zero-order valence-corrected chi connectivity index (χ0v) is 17.3. The molecule has 1 aromatic carbocycles. The molecule has 2 aliphatic rings. The first kappa shape index (κ1) is 21.3. The molecule has 7 heteroatoms. The van der Waals surface area contributed by atoms with Crippen LogP contribution in [0.1, 0.15) is 50.5 Å². The lowest BCUT2D eigenvalue weighted by molar-refractivity contribution is -0.183. The van der Waals surface area contributed by atoms with Crippen molar-refractivity contribution < 1.29 is 13.2 Å². The summed E-state index contributed by atoms with van der Waals surface area (Å²) < 4.78 is 39.0. The lowest BCUT2D eigenvalue weighted by Crippen LogP contribution is -2.47. The third kappa shape index (κ3) is 5.76. The highest BCUT2D eigenvalue weighted by Gasteiger charge is 2.43. The number of alkyl halides is 3. The van der Waals surface area contributed by atoms with Gasteiger partial charge in [0.2, 0.25) is 0 Å². The van der Waals surface area contributed by atoms with Crippen molar-refractivity contribution in [1.29, 1.82) is 0 Å². The summed E-state index contributed by atoms with van der Waals surface area (Å²) in [4.78, 5) is 4.43. The Morgan fingerprint density at radius 1 is 1.12 bits per heavy atom. The first-order valence-corrected chi connectivity index (χ1v) is 9.16. The van der Waals surface area contributed by atoms with Crippen LogP contribution in [0.5, 0.6) is 0 Å². The molecule has 0 radical (unpaired) electrons. The Balaban J connectivity index is 0.00000243. The zero-order chi connectivity index (χ0) is 17.9. The molecule has 4 unspecified atom stereocenters. The second-order valence-electron chi connectivity index (χ2n) is 7.07. The van der Waals surface area contributed by atoms with E-state index in [1.807, 2.05) is 25.1 Å². The normalized spacial score (nSPS) is 28.8. The van der Waals surface area contributed by atoms with Gasteiger partial charge in [0, 0.05) is 24.5 Å². The van der Waals surface area contributed by atoms with Gasteiger partial charge in [-0.3, -0.25) is 4.99 Å². The molecule has 0 amide bonds. The van der Waals surface area contributed by atoms with Gasteiger partial charge >= 0.3 is 6.18 Å². The molecule has 2 aliphatic carbocycles. The van der Waals surface area contributed by atoms with Gasteiger partial charge in [-0.2, -0.15) is 13.2 Å². The molecule has 0 saturated heterocycles. The van der Waals surface area contributed by atoms with Crippen LogP contribution in [0.4, 0.5) is 13.2 Å². The minimum absolute atomic E-state index is 0. The third-order valence-corrected chi connectivity index (χ3v) is 5.13. The fourth-order valence-corrected chi connectivity index (χ4v) is 3.70. The molecule has 0 aliphatic heterocycles. The maximum absolute atomic E-state index is 13.0. The first-order chi connectivity index (χ1) is 12.0. The molecule has 1 aromatic rings. The molecule has 2 fully saturated rings. The van der Waals surface area contributed by atoms with E-state index in [1.165, 1.54) is 5.56 Å². The highest BCUT2D eigenvalue weighted by atomic mass is 127. The Hall–Kier alpha value is -0.990. The van der Waals surface area contributed by atoms with Crippen LogP contribution in [0.25, 0.3) is 0 Å². The van der Waals surface area contributed by atoms with Crippen molar-refractivity contribution in [3.63, 3.8) is 0 Å². The number of benzene rings is 1. The van der Waals surface area contributed by atoms with Crippen molar-refractivity contribution in [2.24, 2.45) is 10.9 Å². The second kappa shape index (κ2) is 9.28. The fraction of sp³-hybridized carbons (Fsp3) is 0.632. The van der Waals surface area contributed by atoms with Crippen LogP contribution >= 0.6 is 24.0 Å². The Labute approximate surface area is 170 Å². The number of guanidine groups is 1. The Bertz CT molecular complexity index is 591. The largest absolute Gasteiger partial charge is 0.391 e. The Kier molecular flexibility index (Phi) is 7.61. The SMILES string of the molecule is CCN=C(NC1CCCC(C(F)(F)F)C1)NC1CC1c1ccccc1.I. The highest BCUT2D eigenvalue weighted by Crippen LogP contribution is 2.41. The summed E-state index contributed by atoms with van der Waals surface area (Å²) in [5, 5.41) is 6.64. The second-order valence-corrected chi connectivity index (χ2v) is 7.07. The van der Waals surface area contributed by atoms with Gasteiger partial charge in [-0.25, -0.2) is 0 Å². The summed E-state index contributed by atoms with van der Waals surface area (Å²) in [6.45, 7) is 2.54. The van der Waals surface area contributed by atoms with Crippen LogP contribution in [-0.4, -0.2) is 30.8 Å². The quantitative estimate of drug-likeness (QED) is 0.367. The zero-order valence-electron chi connectivity index (χ0n) is 14.9. The number of rotatable bonds is 4. The van der Waals surface area contributed by atoms with Gasteiger partial charge in [0.15, 0.2) is 5.96 Å². The van der Waals surface area contributed by atoms with Crippen molar-refractivity contribution in [2.45, 2.75) is 63.2 Å². The summed E-state index contributed by atoms with van der Waals surface area (Å²) in [7, 11) is 0. The van der Waals surface area contributed by atoms with E-state index >= 15 is 0 Å². The molecule has 0 heterocycles. The minimum atomic E-state index is -4.09. The average Bonchev–Trinajstić information content (AvgIpc) is 3.34. The topological polar surface area (TPSA) is 36.4 Å². The molecule has 146 valence electrons. The van der Waals surface area contributed by atoms with Crippen LogP contribution < -0.4 is 10.6 Å². The number of hydrogen-bond donors (Lipinski definition) is 2. The van der Waals surface area contributed by atoms with Gasteiger partial charge in [0.25, 0.3) is 0 Å². The molecule has 3 nitrogen and oxygen atoms in total. The molecular formula is C19H27F3IN3. The van der Waals surface area contributed by atoms with E-state index in [1.54, 1.807) is 0 Å². The minimum Gasteiger partial charge on any atom is -0.354 e. The smallest absolute Gasteiger partial charge is 0.354 e. The van der Waals surface area contributed by atoms with Gasteiger partial charge < -0.3 is 10.6 Å². The molecule has 0 bridgehead atoms. The van der Waals surface area contributed by atoms with Crippen LogP contribution in [0.2, 0.25) is 0 Å². The van der Waals surface area contributed by atoms with E-state index in [0.717, 1.165) is 12.8 Å². The number of halogens is 4. The molecule has 26 heavy (non-hydrogen) atoms. The van der Waals surface area contributed by atoms with Gasteiger partial charge in [0.1, 0.15) is 0 Å². The maximum Gasteiger partial charge on any atom is 0.391 e. The Morgan fingerprint density at radius 3 is 2.50 bits per heavy atom. The highest BCUT2D eigenvalue weighted by molar-refractivity contribution is 14.0. The molecule has 3 rings (SSSR count). The monoisotopic (exact) mass is 481 g/mol. The van der Waals surface area contributed by atoms with E-state index in [2.05, 4.69) is 27.8 Å². The van der Waals surface area contributed by atoms with E-state index in [0.29, 0.717) is 30.9 Å². The predicted octanol–water partition coefficient (Wildman–Crippen LogP) is 4.84. The number of hydrogen-bond acceptors (Lipinski definition) is 1. The molecular weight excluding hydrogens is 454 g/mol. The lowest BCUT2D eigenvalue weighted by Gasteiger charge is -2.32. The van der Waals surface area contributed by atoms with Gasteiger partial charge in [-0.05, 0) is 38.2 Å². The molecule has 4 atom stereocenters. The van der Waals surface area contributed by atoms with Crippen LogP contribution in [0.3, 0.4) is 0 Å². The molecule has 0 aromatic heterocycles. The number of nitrogens with zero attached hydrogens (tertiary/aromatic N) is 1. The standard InChI is InChI=1S/C19H26F3N3.HI/c1-2-23-18(24-15-10-6-9-14(11-15)19(20,21)22)25-17-12-16(17)13-7-4-3-5-8-13;/h3-5,7-8,14-17H,2,6,9-12H2,1H3,(H2,23,24,25);1H. The molecule has 0 spiro atoms. The van der Waals surface area contributed by atoms with Gasteiger partial charge in [-0.1, -0.05) is 36.8 Å².